The Kier molecular flexibility index (Phi) is 3.56. The molecule has 2 rings (SSSR count). The van der Waals surface area contributed by atoms with Crippen molar-refractivity contribution >= 4 is 5.69 Å². The van der Waals surface area contributed by atoms with Gasteiger partial charge in [0.05, 0.1) is 0 Å². The number of benzene rings is 1. The molecular weight excluding hydrogens is 206 g/mol. The van der Waals surface area contributed by atoms with Gasteiger partial charge < -0.3 is 5.73 Å². The van der Waals surface area contributed by atoms with Gasteiger partial charge in [-0.25, -0.2) is 0 Å². The predicted molar refractivity (Wildman–Crippen MR) is 75.0 cm³/mol. The highest BCUT2D eigenvalue weighted by molar-refractivity contribution is 5.42. The first-order valence-electron chi connectivity index (χ1n) is 6.69. The first kappa shape index (κ1) is 12.2. The van der Waals surface area contributed by atoms with E-state index < -0.39 is 0 Å². The van der Waals surface area contributed by atoms with Crippen LogP contribution in [0, 0.1) is 5.92 Å². The zero-order valence-electron chi connectivity index (χ0n) is 10.8. The summed E-state index contributed by atoms with van der Waals surface area (Å²) in [7, 11) is 0. The van der Waals surface area contributed by atoms with E-state index in [-0.39, 0.29) is 0 Å². The molecule has 0 heterocycles. The molecule has 0 aromatic heterocycles. The summed E-state index contributed by atoms with van der Waals surface area (Å²) < 4.78 is 0. The lowest BCUT2D eigenvalue weighted by Crippen LogP contribution is -2.22. The quantitative estimate of drug-likeness (QED) is 0.605. The van der Waals surface area contributed by atoms with Crippen LogP contribution in [0.3, 0.4) is 0 Å². The summed E-state index contributed by atoms with van der Waals surface area (Å²) in [5.41, 5.74) is 8.49. The average molecular weight is 229 g/mol. The topological polar surface area (TPSA) is 26.0 Å². The summed E-state index contributed by atoms with van der Waals surface area (Å²) in [5.74, 6) is 0.694. The van der Waals surface area contributed by atoms with E-state index in [0.717, 1.165) is 5.69 Å². The molecule has 1 nitrogen and oxygen atoms in total. The Morgan fingerprint density at radius 3 is 2.65 bits per heavy atom. The van der Waals surface area contributed by atoms with Crippen LogP contribution in [0.1, 0.15) is 44.6 Å². The van der Waals surface area contributed by atoms with E-state index in [9.17, 15) is 0 Å². The van der Waals surface area contributed by atoms with E-state index in [1.807, 2.05) is 12.1 Å². The smallest absolute Gasteiger partial charge is 0.0314 e. The minimum atomic E-state index is 0.376. The average Bonchev–Trinajstić information content (AvgIpc) is 2.75. The Balaban J connectivity index is 2.28. The fraction of sp³-hybridized carbons (Fsp3) is 0.500. The first-order chi connectivity index (χ1) is 8.20. The van der Waals surface area contributed by atoms with E-state index >= 15 is 0 Å². The maximum absolute atomic E-state index is 5.78. The van der Waals surface area contributed by atoms with Crippen LogP contribution in [-0.2, 0) is 5.41 Å². The fourth-order valence-electron chi connectivity index (χ4n) is 3.32. The van der Waals surface area contributed by atoms with Gasteiger partial charge in [0.2, 0.25) is 0 Å². The molecule has 0 spiro atoms. The lowest BCUT2D eigenvalue weighted by molar-refractivity contribution is 0.392. The zero-order chi connectivity index (χ0) is 12.3. The lowest BCUT2D eigenvalue weighted by atomic mass is 9.75. The van der Waals surface area contributed by atoms with Crippen molar-refractivity contribution in [1.82, 2.24) is 0 Å². The standard InChI is InChI=1S/C16H23N/c1-3-10-16(11-9-13(4-2)12-16)14-5-7-15(17)8-6-14/h4-8,13H,2-3,9-12,17H2,1H3. The highest BCUT2D eigenvalue weighted by atomic mass is 14.5. The number of anilines is 1. The molecule has 92 valence electrons. The third-order valence-electron chi connectivity index (χ3n) is 4.23. The third kappa shape index (κ3) is 2.38. The second-order valence-corrected chi connectivity index (χ2v) is 5.39. The summed E-state index contributed by atoms with van der Waals surface area (Å²) in [6.07, 6.45) is 8.49. The number of hydrogen-bond acceptors (Lipinski definition) is 1. The van der Waals surface area contributed by atoms with Crippen molar-refractivity contribution in [3.05, 3.63) is 42.5 Å². The van der Waals surface area contributed by atoms with Crippen LogP contribution < -0.4 is 5.73 Å². The van der Waals surface area contributed by atoms with Crippen molar-refractivity contribution in [3.63, 3.8) is 0 Å². The molecule has 0 radical (unpaired) electrons. The van der Waals surface area contributed by atoms with Crippen molar-refractivity contribution in [1.29, 1.82) is 0 Å². The molecule has 0 saturated heterocycles. The number of nitrogen functional groups attached to an aromatic ring is 1. The summed E-state index contributed by atoms with van der Waals surface area (Å²) in [4.78, 5) is 0. The molecule has 0 bridgehead atoms. The molecule has 1 fully saturated rings. The second kappa shape index (κ2) is 4.95. The highest BCUT2D eigenvalue weighted by Gasteiger charge is 2.38. The van der Waals surface area contributed by atoms with Crippen LogP contribution in [0.15, 0.2) is 36.9 Å². The Labute approximate surface area is 105 Å². The van der Waals surface area contributed by atoms with Crippen LogP contribution >= 0.6 is 0 Å². The maximum Gasteiger partial charge on any atom is 0.0314 e. The molecule has 1 aromatic carbocycles. The molecule has 2 unspecified atom stereocenters. The van der Waals surface area contributed by atoms with Gasteiger partial charge in [-0.3, -0.25) is 0 Å². The molecule has 1 aliphatic rings. The maximum atomic E-state index is 5.78. The molecule has 1 saturated carbocycles. The zero-order valence-corrected chi connectivity index (χ0v) is 10.8. The summed E-state index contributed by atoms with van der Waals surface area (Å²) in [5, 5.41) is 0. The molecule has 2 N–H and O–H groups in total. The Morgan fingerprint density at radius 1 is 1.41 bits per heavy atom. The van der Waals surface area contributed by atoms with Gasteiger partial charge in [0, 0.05) is 5.69 Å². The van der Waals surface area contributed by atoms with E-state index in [0.29, 0.717) is 11.3 Å². The summed E-state index contributed by atoms with van der Waals surface area (Å²) >= 11 is 0. The predicted octanol–water partition coefficient (Wildman–Crippen LogP) is 4.29. The first-order valence-corrected chi connectivity index (χ1v) is 6.69. The van der Waals surface area contributed by atoms with Crippen LogP contribution in [0.25, 0.3) is 0 Å². The number of hydrogen-bond donors (Lipinski definition) is 1. The van der Waals surface area contributed by atoms with E-state index in [2.05, 4.69) is 31.7 Å². The van der Waals surface area contributed by atoms with Gasteiger partial charge >= 0.3 is 0 Å². The van der Waals surface area contributed by atoms with Crippen molar-refractivity contribution in [2.75, 3.05) is 5.73 Å². The number of allylic oxidation sites excluding steroid dienone is 1. The van der Waals surface area contributed by atoms with Crippen LogP contribution in [-0.4, -0.2) is 0 Å². The normalized spacial score (nSPS) is 28.2. The SMILES string of the molecule is C=CC1CCC(CCC)(c2ccc(N)cc2)C1. The summed E-state index contributed by atoms with van der Waals surface area (Å²) in [6.45, 7) is 6.23. The minimum absolute atomic E-state index is 0.376. The van der Waals surface area contributed by atoms with Gasteiger partial charge in [-0.05, 0) is 54.7 Å². The van der Waals surface area contributed by atoms with E-state index in [4.69, 9.17) is 5.73 Å². The largest absolute Gasteiger partial charge is 0.399 e. The molecule has 1 heteroatoms. The molecular formula is C16H23N. The van der Waals surface area contributed by atoms with Crippen molar-refractivity contribution in [2.24, 2.45) is 5.92 Å². The van der Waals surface area contributed by atoms with Crippen molar-refractivity contribution in [3.8, 4) is 0 Å². The highest BCUT2D eigenvalue weighted by Crippen LogP contribution is 2.47. The van der Waals surface area contributed by atoms with Crippen LogP contribution in [0.5, 0.6) is 0 Å². The number of nitrogens with two attached hydrogens (primary N) is 1. The molecule has 17 heavy (non-hydrogen) atoms. The van der Waals surface area contributed by atoms with E-state index in [1.165, 1.54) is 37.7 Å². The minimum Gasteiger partial charge on any atom is -0.399 e. The second-order valence-electron chi connectivity index (χ2n) is 5.39. The Hall–Kier alpha value is -1.24. The Bertz CT molecular complexity index is 379. The fourth-order valence-corrected chi connectivity index (χ4v) is 3.32. The molecule has 0 amide bonds. The van der Waals surface area contributed by atoms with E-state index in [1.54, 1.807) is 0 Å². The van der Waals surface area contributed by atoms with Crippen molar-refractivity contribution in [2.45, 2.75) is 44.4 Å². The van der Waals surface area contributed by atoms with Gasteiger partial charge in [0.25, 0.3) is 0 Å². The summed E-state index contributed by atoms with van der Waals surface area (Å²) in [6, 6.07) is 8.51. The van der Waals surface area contributed by atoms with Crippen LogP contribution in [0.2, 0.25) is 0 Å². The monoisotopic (exact) mass is 229 g/mol. The third-order valence-corrected chi connectivity index (χ3v) is 4.23. The number of rotatable bonds is 4. The lowest BCUT2D eigenvalue weighted by Gasteiger charge is -2.30. The van der Waals surface area contributed by atoms with Crippen molar-refractivity contribution < 1.29 is 0 Å². The van der Waals surface area contributed by atoms with Gasteiger partial charge in [-0.15, -0.1) is 6.58 Å². The van der Waals surface area contributed by atoms with Gasteiger partial charge in [0.15, 0.2) is 0 Å². The molecule has 1 aromatic rings. The van der Waals surface area contributed by atoms with Gasteiger partial charge in [-0.1, -0.05) is 31.6 Å². The molecule has 1 aliphatic carbocycles. The van der Waals surface area contributed by atoms with Gasteiger partial charge in [0.1, 0.15) is 0 Å². The molecule has 2 atom stereocenters. The van der Waals surface area contributed by atoms with Gasteiger partial charge in [-0.2, -0.15) is 0 Å². The molecule has 0 aliphatic heterocycles. The Morgan fingerprint density at radius 2 is 2.12 bits per heavy atom. The van der Waals surface area contributed by atoms with Crippen LogP contribution in [0.4, 0.5) is 5.69 Å².